The standard InChI is InChI=1S/C17H26N2O/c1-4-18-14-9-10-15(13(3)11-14)17(20)19-16-8-6-5-7-12(16)2/h9-12,16,18H,4-8H2,1-3H3,(H,19,20). The van der Waals surface area contributed by atoms with Gasteiger partial charge in [0.1, 0.15) is 0 Å². The molecule has 0 radical (unpaired) electrons. The molecule has 0 spiro atoms. The quantitative estimate of drug-likeness (QED) is 0.878. The summed E-state index contributed by atoms with van der Waals surface area (Å²) >= 11 is 0. The van der Waals surface area contributed by atoms with Crippen LogP contribution in [-0.2, 0) is 0 Å². The second-order valence-corrected chi connectivity index (χ2v) is 5.90. The Kier molecular flexibility index (Phi) is 5.05. The lowest BCUT2D eigenvalue weighted by molar-refractivity contribution is 0.0909. The van der Waals surface area contributed by atoms with Gasteiger partial charge in [0.2, 0.25) is 0 Å². The largest absolute Gasteiger partial charge is 0.385 e. The van der Waals surface area contributed by atoms with E-state index in [2.05, 4.69) is 24.5 Å². The maximum absolute atomic E-state index is 12.4. The molecule has 3 heteroatoms. The van der Waals surface area contributed by atoms with Crippen molar-refractivity contribution < 1.29 is 4.79 Å². The van der Waals surface area contributed by atoms with Crippen molar-refractivity contribution in [1.82, 2.24) is 5.32 Å². The fraction of sp³-hybridized carbons (Fsp3) is 0.588. The van der Waals surface area contributed by atoms with Gasteiger partial charge in [0, 0.05) is 23.8 Å². The topological polar surface area (TPSA) is 41.1 Å². The zero-order valence-corrected chi connectivity index (χ0v) is 12.8. The number of amides is 1. The fourth-order valence-corrected chi connectivity index (χ4v) is 3.01. The maximum Gasteiger partial charge on any atom is 0.251 e. The number of carbonyl (C=O) groups is 1. The first-order chi connectivity index (χ1) is 9.61. The first-order valence-corrected chi connectivity index (χ1v) is 7.77. The number of anilines is 1. The normalized spacial score (nSPS) is 22.4. The molecule has 2 rings (SSSR count). The number of rotatable bonds is 4. The van der Waals surface area contributed by atoms with E-state index < -0.39 is 0 Å². The number of hydrogen-bond acceptors (Lipinski definition) is 2. The molecule has 2 atom stereocenters. The molecule has 20 heavy (non-hydrogen) atoms. The number of nitrogens with one attached hydrogen (secondary N) is 2. The van der Waals surface area contributed by atoms with Crippen molar-refractivity contribution in [3.05, 3.63) is 29.3 Å². The van der Waals surface area contributed by atoms with Crippen molar-refractivity contribution in [3.63, 3.8) is 0 Å². The molecule has 1 amide bonds. The molecule has 1 aromatic carbocycles. The van der Waals surface area contributed by atoms with Gasteiger partial charge in [0.05, 0.1) is 0 Å². The Morgan fingerprint density at radius 1 is 1.30 bits per heavy atom. The highest BCUT2D eigenvalue weighted by Gasteiger charge is 2.23. The molecule has 0 aromatic heterocycles. The molecule has 2 unspecified atom stereocenters. The molecule has 1 saturated carbocycles. The van der Waals surface area contributed by atoms with Crippen LogP contribution in [0.1, 0.15) is 55.5 Å². The molecule has 2 N–H and O–H groups in total. The molecule has 1 aliphatic carbocycles. The third-order valence-electron chi connectivity index (χ3n) is 4.28. The third kappa shape index (κ3) is 3.53. The van der Waals surface area contributed by atoms with E-state index in [1.165, 1.54) is 19.3 Å². The summed E-state index contributed by atoms with van der Waals surface area (Å²) in [5.41, 5.74) is 2.90. The lowest BCUT2D eigenvalue weighted by Gasteiger charge is -2.29. The Hall–Kier alpha value is -1.51. The van der Waals surface area contributed by atoms with Crippen LogP contribution in [-0.4, -0.2) is 18.5 Å². The minimum Gasteiger partial charge on any atom is -0.385 e. The number of benzene rings is 1. The van der Waals surface area contributed by atoms with Crippen LogP contribution in [0.25, 0.3) is 0 Å². The van der Waals surface area contributed by atoms with Crippen molar-refractivity contribution in [2.24, 2.45) is 5.92 Å². The van der Waals surface area contributed by atoms with Crippen LogP contribution < -0.4 is 10.6 Å². The lowest BCUT2D eigenvalue weighted by Crippen LogP contribution is -2.41. The third-order valence-corrected chi connectivity index (χ3v) is 4.28. The number of aryl methyl sites for hydroxylation is 1. The van der Waals surface area contributed by atoms with Gasteiger partial charge in [-0.2, -0.15) is 0 Å². The van der Waals surface area contributed by atoms with Crippen LogP contribution in [0.3, 0.4) is 0 Å². The van der Waals surface area contributed by atoms with E-state index in [0.29, 0.717) is 12.0 Å². The molecule has 0 aliphatic heterocycles. The lowest BCUT2D eigenvalue weighted by atomic mass is 9.86. The van der Waals surface area contributed by atoms with E-state index in [-0.39, 0.29) is 5.91 Å². The van der Waals surface area contributed by atoms with Crippen molar-refractivity contribution in [2.45, 2.75) is 52.5 Å². The van der Waals surface area contributed by atoms with Gasteiger partial charge in [-0.05, 0) is 56.4 Å². The van der Waals surface area contributed by atoms with Gasteiger partial charge in [-0.25, -0.2) is 0 Å². The molecule has 0 bridgehead atoms. The van der Waals surface area contributed by atoms with E-state index in [1.54, 1.807) is 0 Å². The summed E-state index contributed by atoms with van der Waals surface area (Å²) in [6.45, 7) is 7.20. The molecule has 1 aromatic rings. The van der Waals surface area contributed by atoms with Crippen LogP contribution in [0, 0.1) is 12.8 Å². The summed E-state index contributed by atoms with van der Waals surface area (Å²) in [7, 11) is 0. The average molecular weight is 274 g/mol. The maximum atomic E-state index is 12.4. The zero-order chi connectivity index (χ0) is 14.5. The summed E-state index contributed by atoms with van der Waals surface area (Å²) in [6, 6.07) is 6.29. The predicted octanol–water partition coefficient (Wildman–Crippen LogP) is 3.74. The average Bonchev–Trinajstić information content (AvgIpc) is 2.42. The summed E-state index contributed by atoms with van der Waals surface area (Å²) in [4.78, 5) is 12.4. The highest BCUT2D eigenvalue weighted by molar-refractivity contribution is 5.96. The molecule has 0 saturated heterocycles. The van der Waals surface area contributed by atoms with E-state index >= 15 is 0 Å². The Labute approximate surface area is 122 Å². The fourth-order valence-electron chi connectivity index (χ4n) is 3.01. The highest BCUT2D eigenvalue weighted by atomic mass is 16.1. The molecule has 1 aliphatic rings. The Bertz CT molecular complexity index is 470. The van der Waals surface area contributed by atoms with Crippen LogP contribution in [0.4, 0.5) is 5.69 Å². The first kappa shape index (κ1) is 14.9. The van der Waals surface area contributed by atoms with Crippen molar-refractivity contribution in [2.75, 3.05) is 11.9 Å². The minimum absolute atomic E-state index is 0.0734. The molecule has 3 nitrogen and oxygen atoms in total. The van der Waals surface area contributed by atoms with Gasteiger partial charge in [0.25, 0.3) is 5.91 Å². The molecule has 110 valence electrons. The van der Waals surface area contributed by atoms with Crippen LogP contribution in [0.2, 0.25) is 0 Å². The Balaban J connectivity index is 2.05. The number of carbonyl (C=O) groups excluding carboxylic acids is 1. The van der Waals surface area contributed by atoms with Gasteiger partial charge in [0.15, 0.2) is 0 Å². The van der Waals surface area contributed by atoms with Crippen LogP contribution >= 0.6 is 0 Å². The van der Waals surface area contributed by atoms with Crippen molar-refractivity contribution >= 4 is 11.6 Å². The first-order valence-electron chi connectivity index (χ1n) is 7.77. The van der Waals surface area contributed by atoms with Gasteiger partial charge < -0.3 is 10.6 Å². The monoisotopic (exact) mass is 274 g/mol. The predicted molar refractivity (Wildman–Crippen MR) is 84.2 cm³/mol. The van der Waals surface area contributed by atoms with E-state index in [9.17, 15) is 4.79 Å². The highest BCUT2D eigenvalue weighted by Crippen LogP contribution is 2.24. The second kappa shape index (κ2) is 6.78. The summed E-state index contributed by atoms with van der Waals surface area (Å²) < 4.78 is 0. The van der Waals surface area contributed by atoms with E-state index in [1.807, 2.05) is 25.1 Å². The molecule has 0 heterocycles. The molecular weight excluding hydrogens is 248 g/mol. The molecule has 1 fully saturated rings. The summed E-state index contributed by atoms with van der Waals surface area (Å²) in [5, 5.41) is 6.49. The zero-order valence-electron chi connectivity index (χ0n) is 12.8. The second-order valence-electron chi connectivity index (χ2n) is 5.90. The van der Waals surface area contributed by atoms with Gasteiger partial charge in [-0.15, -0.1) is 0 Å². The molecular formula is C17H26N2O. The van der Waals surface area contributed by atoms with Gasteiger partial charge in [-0.1, -0.05) is 19.8 Å². The summed E-state index contributed by atoms with van der Waals surface area (Å²) in [6.07, 6.45) is 4.86. The smallest absolute Gasteiger partial charge is 0.251 e. The van der Waals surface area contributed by atoms with E-state index in [4.69, 9.17) is 0 Å². The summed E-state index contributed by atoms with van der Waals surface area (Å²) in [5.74, 6) is 0.665. The Morgan fingerprint density at radius 3 is 2.70 bits per heavy atom. The van der Waals surface area contributed by atoms with Crippen LogP contribution in [0.15, 0.2) is 18.2 Å². The van der Waals surface area contributed by atoms with Crippen molar-refractivity contribution in [3.8, 4) is 0 Å². The minimum atomic E-state index is 0.0734. The van der Waals surface area contributed by atoms with Gasteiger partial charge in [-0.3, -0.25) is 4.79 Å². The Morgan fingerprint density at radius 2 is 2.05 bits per heavy atom. The SMILES string of the molecule is CCNc1ccc(C(=O)NC2CCCCC2C)c(C)c1. The van der Waals surface area contributed by atoms with Gasteiger partial charge >= 0.3 is 0 Å². The number of hydrogen-bond donors (Lipinski definition) is 2. The van der Waals surface area contributed by atoms with E-state index in [0.717, 1.165) is 29.8 Å². The van der Waals surface area contributed by atoms with Crippen LogP contribution in [0.5, 0.6) is 0 Å². The van der Waals surface area contributed by atoms with Crippen molar-refractivity contribution in [1.29, 1.82) is 0 Å².